The van der Waals surface area contributed by atoms with Crippen molar-refractivity contribution >= 4 is 5.91 Å². The summed E-state index contributed by atoms with van der Waals surface area (Å²) >= 11 is 0. The molecule has 130 valence electrons. The molecule has 1 N–H and O–H groups in total. The van der Waals surface area contributed by atoms with Crippen LogP contribution in [0.15, 0.2) is 54.7 Å². The van der Waals surface area contributed by atoms with Crippen molar-refractivity contribution in [1.29, 1.82) is 0 Å². The second-order valence-electron chi connectivity index (χ2n) is 7.21. The number of piperidine rings is 1. The second kappa shape index (κ2) is 6.60. The van der Waals surface area contributed by atoms with Crippen LogP contribution in [0.4, 0.5) is 0 Å². The first-order valence-corrected chi connectivity index (χ1v) is 9.20. The first-order chi connectivity index (χ1) is 12.2. The smallest absolute Gasteiger partial charge is 0.272 e. The molecule has 2 fully saturated rings. The van der Waals surface area contributed by atoms with E-state index in [4.69, 9.17) is 0 Å². The standard InChI is InChI=1S/C21H24N2O2/c24-20(18-11-6-7-14-22-18)23-15-13-21(25,16-8-2-1-3-9-16)17-10-4-5-12-19(17)23/h1-3,6-9,11,14,17,19,25H,4-5,10,12-13,15H2. The molecule has 1 aliphatic heterocycles. The van der Waals surface area contributed by atoms with E-state index in [0.29, 0.717) is 18.7 Å². The molecule has 25 heavy (non-hydrogen) atoms. The third-order valence-electron chi connectivity index (χ3n) is 5.90. The topological polar surface area (TPSA) is 53.4 Å². The number of hydrogen-bond donors (Lipinski definition) is 1. The van der Waals surface area contributed by atoms with Gasteiger partial charge in [0.1, 0.15) is 5.69 Å². The number of carbonyl (C=O) groups excluding carboxylic acids is 1. The van der Waals surface area contributed by atoms with Crippen LogP contribution in [0.1, 0.15) is 48.2 Å². The van der Waals surface area contributed by atoms with Gasteiger partial charge in [-0.2, -0.15) is 0 Å². The predicted octanol–water partition coefficient (Wildman–Crippen LogP) is 3.37. The fraction of sp³-hybridized carbons (Fsp3) is 0.429. The SMILES string of the molecule is O=C(c1ccccn1)N1CCC(O)(c2ccccc2)C2CCCCC21. The highest BCUT2D eigenvalue weighted by Crippen LogP contribution is 2.47. The molecule has 4 heteroatoms. The van der Waals surface area contributed by atoms with E-state index in [1.165, 1.54) is 0 Å². The molecule has 0 bridgehead atoms. The molecule has 4 nitrogen and oxygen atoms in total. The van der Waals surface area contributed by atoms with Crippen LogP contribution < -0.4 is 0 Å². The Hall–Kier alpha value is -2.20. The molecule has 1 aromatic heterocycles. The Bertz CT molecular complexity index is 734. The van der Waals surface area contributed by atoms with Crippen molar-refractivity contribution in [3.05, 3.63) is 66.0 Å². The number of nitrogens with zero attached hydrogens (tertiary/aromatic N) is 2. The lowest BCUT2D eigenvalue weighted by molar-refractivity contribution is -0.110. The lowest BCUT2D eigenvalue weighted by Gasteiger charge is -2.52. The van der Waals surface area contributed by atoms with Gasteiger partial charge in [0, 0.05) is 24.7 Å². The van der Waals surface area contributed by atoms with E-state index in [9.17, 15) is 9.90 Å². The van der Waals surface area contributed by atoms with Crippen LogP contribution in [0.25, 0.3) is 0 Å². The van der Waals surface area contributed by atoms with Crippen molar-refractivity contribution < 1.29 is 9.90 Å². The number of hydrogen-bond acceptors (Lipinski definition) is 3. The number of likely N-dealkylation sites (tertiary alicyclic amines) is 1. The average molecular weight is 336 g/mol. The van der Waals surface area contributed by atoms with Crippen LogP contribution in [-0.2, 0) is 5.60 Å². The number of rotatable bonds is 2. The molecule has 1 saturated carbocycles. The fourth-order valence-corrected chi connectivity index (χ4v) is 4.66. The van der Waals surface area contributed by atoms with E-state index in [0.717, 1.165) is 31.2 Å². The average Bonchev–Trinajstić information content (AvgIpc) is 2.69. The highest BCUT2D eigenvalue weighted by atomic mass is 16.3. The summed E-state index contributed by atoms with van der Waals surface area (Å²) in [6.45, 7) is 0.571. The summed E-state index contributed by atoms with van der Waals surface area (Å²) in [4.78, 5) is 19.2. The summed E-state index contributed by atoms with van der Waals surface area (Å²) in [5, 5.41) is 11.6. The van der Waals surface area contributed by atoms with E-state index in [1.54, 1.807) is 12.3 Å². The molecule has 2 heterocycles. The molecule has 0 radical (unpaired) electrons. The van der Waals surface area contributed by atoms with E-state index in [1.807, 2.05) is 47.4 Å². The second-order valence-corrected chi connectivity index (χ2v) is 7.21. The van der Waals surface area contributed by atoms with Crippen molar-refractivity contribution in [3.8, 4) is 0 Å². The predicted molar refractivity (Wildman–Crippen MR) is 96.0 cm³/mol. The van der Waals surface area contributed by atoms with Crippen molar-refractivity contribution in [1.82, 2.24) is 9.88 Å². The summed E-state index contributed by atoms with van der Waals surface area (Å²) in [5.74, 6) is 0.0812. The van der Waals surface area contributed by atoms with E-state index in [-0.39, 0.29) is 17.9 Å². The fourth-order valence-electron chi connectivity index (χ4n) is 4.66. The summed E-state index contributed by atoms with van der Waals surface area (Å²) in [7, 11) is 0. The van der Waals surface area contributed by atoms with Crippen LogP contribution >= 0.6 is 0 Å². The molecular weight excluding hydrogens is 312 g/mol. The van der Waals surface area contributed by atoms with Crippen LogP contribution in [0.2, 0.25) is 0 Å². The Morgan fingerprint density at radius 3 is 2.60 bits per heavy atom. The maximum atomic E-state index is 13.0. The maximum Gasteiger partial charge on any atom is 0.272 e. The first-order valence-electron chi connectivity index (χ1n) is 9.20. The number of aromatic nitrogens is 1. The van der Waals surface area contributed by atoms with Gasteiger partial charge in [-0.25, -0.2) is 0 Å². The van der Waals surface area contributed by atoms with Gasteiger partial charge in [-0.05, 0) is 37.0 Å². The lowest BCUT2D eigenvalue weighted by atomic mass is 9.66. The minimum absolute atomic E-state index is 0.00684. The number of carbonyl (C=O) groups is 1. The quantitative estimate of drug-likeness (QED) is 0.915. The van der Waals surface area contributed by atoms with Gasteiger partial charge in [-0.1, -0.05) is 49.2 Å². The molecule has 1 amide bonds. The van der Waals surface area contributed by atoms with Crippen molar-refractivity contribution in [2.45, 2.75) is 43.7 Å². The van der Waals surface area contributed by atoms with Crippen LogP contribution in [-0.4, -0.2) is 33.5 Å². The minimum atomic E-state index is -0.840. The van der Waals surface area contributed by atoms with Gasteiger partial charge in [0.05, 0.1) is 5.60 Å². The van der Waals surface area contributed by atoms with Crippen LogP contribution in [0.3, 0.4) is 0 Å². The normalized spacial score (nSPS) is 29.1. The minimum Gasteiger partial charge on any atom is -0.385 e. The van der Waals surface area contributed by atoms with Crippen LogP contribution in [0, 0.1) is 5.92 Å². The van der Waals surface area contributed by atoms with Gasteiger partial charge in [-0.3, -0.25) is 9.78 Å². The molecule has 2 aliphatic rings. The van der Waals surface area contributed by atoms with E-state index in [2.05, 4.69) is 4.98 Å². The molecule has 3 unspecified atom stereocenters. The zero-order chi connectivity index (χ0) is 17.3. The Kier molecular flexibility index (Phi) is 4.30. The van der Waals surface area contributed by atoms with Crippen LogP contribution in [0.5, 0.6) is 0 Å². The molecule has 1 aliphatic carbocycles. The van der Waals surface area contributed by atoms with Gasteiger partial charge < -0.3 is 10.0 Å². The molecule has 1 aromatic carbocycles. The summed E-state index contributed by atoms with van der Waals surface area (Å²) in [5.41, 5.74) is 0.640. The van der Waals surface area contributed by atoms with Crippen molar-refractivity contribution in [2.75, 3.05) is 6.54 Å². The van der Waals surface area contributed by atoms with Gasteiger partial charge in [0.25, 0.3) is 5.91 Å². The maximum absolute atomic E-state index is 13.0. The molecular formula is C21H24N2O2. The third-order valence-corrected chi connectivity index (χ3v) is 5.90. The number of aliphatic hydroxyl groups is 1. The third kappa shape index (κ3) is 2.85. The Labute approximate surface area is 148 Å². The highest BCUT2D eigenvalue weighted by Gasteiger charge is 2.50. The molecule has 2 aromatic rings. The Balaban J connectivity index is 1.66. The highest BCUT2D eigenvalue weighted by molar-refractivity contribution is 5.92. The number of fused-ring (bicyclic) bond motifs is 1. The summed E-state index contributed by atoms with van der Waals surface area (Å²) < 4.78 is 0. The zero-order valence-corrected chi connectivity index (χ0v) is 14.3. The lowest BCUT2D eigenvalue weighted by Crippen LogP contribution is -2.59. The Morgan fingerprint density at radius 1 is 1.08 bits per heavy atom. The molecule has 1 saturated heterocycles. The summed E-state index contributed by atoms with van der Waals surface area (Å²) in [6, 6.07) is 15.5. The zero-order valence-electron chi connectivity index (χ0n) is 14.3. The van der Waals surface area contributed by atoms with E-state index < -0.39 is 5.60 Å². The van der Waals surface area contributed by atoms with Gasteiger partial charge in [0.2, 0.25) is 0 Å². The van der Waals surface area contributed by atoms with Gasteiger partial charge >= 0.3 is 0 Å². The monoisotopic (exact) mass is 336 g/mol. The number of benzene rings is 1. The summed E-state index contributed by atoms with van der Waals surface area (Å²) in [6.07, 6.45) is 6.38. The molecule has 0 spiro atoms. The molecule has 3 atom stereocenters. The van der Waals surface area contributed by atoms with E-state index >= 15 is 0 Å². The molecule has 4 rings (SSSR count). The van der Waals surface area contributed by atoms with Crippen molar-refractivity contribution in [3.63, 3.8) is 0 Å². The van der Waals surface area contributed by atoms with Crippen molar-refractivity contribution in [2.24, 2.45) is 5.92 Å². The van der Waals surface area contributed by atoms with Gasteiger partial charge in [0.15, 0.2) is 0 Å². The van der Waals surface area contributed by atoms with Gasteiger partial charge in [-0.15, -0.1) is 0 Å². The first kappa shape index (κ1) is 16.3. The number of amides is 1. The number of pyridine rings is 1. The Morgan fingerprint density at radius 2 is 1.84 bits per heavy atom. The largest absolute Gasteiger partial charge is 0.385 e.